The van der Waals surface area contributed by atoms with Gasteiger partial charge in [0.25, 0.3) is 17.7 Å². The number of rotatable bonds is 3. The molecule has 1 aliphatic heterocycles. The van der Waals surface area contributed by atoms with E-state index in [0.717, 1.165) is 4.90 Å². The largest absolute Gasteiger partial charge is 0.298 e. The topological polar surface area (TPSA) is 79.4 Å². The molecule has 0 fully saturated rings. The molecule has 8 heteroatoms. The lowest BCUT2D eigenvalue weighted by Crippen LogP contribution is -2.29. The Bertz CT molecular complexity index is 1310. The molecule has 0 radical (unpaired) electrons. The van der Waals surface area contributed by atoms with Crippen LogP contribution in [0.3, 0.4) is 0 Å². The first-order valence-electron chi connectivity index (χ1n) is 8.96. The number of carbonyl (C=O) groups excluding carboxylic acids is 3. The molecule has 0 saturated heterocycles. The van der Waals surface area contributed by atoms with Gasteiger partial charge in [0.15, 0.2) is 5.13 Å². The molecule has 146 valence electrons. The molecular formula is C22H12FN3O3S. The zero-order valence-electron chi connectivity index (χ0n) is 15.3. The van der Waals surface area contributed by atoms with E-state index in [0.29, 0.717) is 37.7 Å². The smallest absolute Gasteiger partial charge is 0.266 e. The summed E-state index contributed by atoms with van der Waals surface area (Å²) in [6.45, 7) is 0. The summed E-state index contributed by atoms with van der Waals surface area (Å²) in [5.74, 6) is -1.56. The van der Waals surface area contributed by atoms with Gasteiger partial charge in [-0.05, 0) is 54.6 Å². The molecule has 0 unspecified atom stereocenters. The maximum absolute atomic E-state index is 13.3. The van der Waals surface area contributed by atoms with Crippen molar-refractivity contribution in [2.75, 3.05) is 10.2 Å². The van der Waals surface area contributed by atoms with Gasteiger partial charge in [-0.25, -0.2) is 14.3 Å². The molecule has 1 N–H and O–H groups in total. The van der Waals surface area contributed by atoms with Crippen LogP contribution in [0, 0.1) is 5.82 Å². The number of aromatic nitrogens is 1. The standard InChI is InChI=1S/C22H12FN3O3S/c23-13-7-10-17-18(11-13)30-22(24-17)25-19(27)12-5-8-14(9-6-12)26-20(28)15-3-1-2-4-16(15)21(26)29/h1-11H,(H,24,25,27). The highest BCUT2D eigenvalue weighted by molar-refractivity contribution is 7.22. The summed E-state index contributed by atoms with van der Waals surface area (Å²) in [5, 5.41) is 3.04. The molecular weight excluding hydrogens is 405 g/mol. The first-order valence-corrected chi connectivity index (χ1v) is 9.78. The predicted octanol–water partition coefficient (Wildman–Crippen LogP) is 4.49. The number of thiazole rings is 1. The fourth-order valence-electron chi connectivity index (χ4n) is 3.31. The van der Waals surface area contributed by atoms with Crippen LogP contribution in [0.5, 0.6) is 0 Å². The quantitative estimate of drug-likeness (QED) is 0.498. The summed E-state index contributed by atoms with van der Waals surface area (Å²) in [7, 11) is 0. The van der Waals surface area contributed by atoms with E-state index in [-0.39, 0.29) is 5.82 Å². The summed E-state index contributed by atoms with van der Waals surface area (Å²) < 4.78 is 14.0. The lowest BCUT2D eigenvalue weighted by molar-refractivity contribution is 0.0925. The Labute approximate surface area is 173 Å². The molecule has 3 aromatic carbocycles. The Morgan fingerprint density at radius 3 is 2.27 bits per heavy atom. The van der Waals surface area contributed by atoms with Crippen molar-refractivity contribution in [2.24, 2.45) is 0 Å². The molecule has 0 spiro atoms. The van der Waals surface area contributed by atoms with E-state index >= 15 is 0 Å². The molecule has 0 saturated carbocycles. The van der Waals surface area contributed by atoms with Gasteiger partial charge in [-0.15, -0.1) is 0 Å². The summed E-state index contributed by atoms with van der Waals surface area (Å²) in [6.07, 6.45) is 0. The maximum atomic E-state index is 13.3. The highest BCUT2D eigenvalue weighted by Crippen LogP contribution is 2.29. The van der Waals surface area contributed by atoms with Gasteiger partial charge in [0.2, 0.25) is 0 Å². The summed E-state index contributed by atoms with van der Waals surface area (Å²) >= 11 is 1.17. The molecule has 5 rings (SSSR count). The van der Waals surface area contributed by atoms with E-state index < -0.39 is 17.7 Å². The molecule has 4 aromatic rings. The molecule has 0 atom stereocenters. The maximum Gasteiger partial charge on any atom is 0.266 e. The van der Waals surface area contributed by atoms with E-state index in [9.17, 15) is 18.8 Å². The Hall–Kier alpha value is -3.91. The third kappa shape index (κ3) is 2.94. The van der Waals surface area contributed by atoms with E-state index in [1.54, 1.807) is 42.5 Å². The van der Waals surface area contributed by atoms with Crippen molar-refractivity contribution in [3.63, 3.8) is 0 Å². The number of nitrogens with one attached hydrogen (secondary N) is 1. The Balaban J connectivity index is 1.36. The normalized spacial score (nSPS) is 13.0. The summed E-state index contributed by atoms with van der Waals surface area (Å²) in [6, 6.07) is 17.0. The van der Waals surface area contributed by atoms with Gasteiger partial charge in [-0.1, -0.05) is 23.5 Å². The van der Waals surface area contributed by atoms with Crippen molar-refractivity contribution in [1.29, 1.82) is 0 Å². The number of carbonyl (C=O) groups is 3. The zero-order valence-corrected chi connectivity index (χ0v) is 16.1. The Morgan fingerprint density at radius 1 is 0.933 bits per heavy atom. The van der Waals surface area contributed by atoms with Crippen LogP contribution in [0.2, 0.25) is 0 Å². The molecule has 3 amide bonds. The van der Waals surface area contributed by atoms with Crippen LogP contribution >= 0.6 is 11.3 Å². The number of hydrogen-bond donors (Lipinski definition) is 1. The van der Waals surface area contributed by atoms with Crippen molar-refractivity contribution in [3.8, 4) is 0 Å². The second kappa shape index (κ2) is 6.85. The first-order chi connectivity index (χ1) is 14.5. The van der Waals surface area contributed by atoms with Crippen LogP contribution in [0.1, 0.15) is 31.1 Å². The summed E-state index contributed by atoms with van der Waals surface area (Å²) in [5.41, 5.74) is 2.03. The molecule has 6 nitrogen and oxygen atoms in total. The minimum atomic E-state index is -0.400. The molecule has 1 aliphatic rings. The van der Waals surface area contributed by atoms with E-state index in [1.165, 1.54) is 35.6 Å². The van der Waals surface area contributed by atoms with Crippen LogP contribution in [0.15, 0.2) is 66.7 Å². The minimum Gasteiger partial charge on any atom is -0.298 e. The lowest BCUT2D eigenvalue weighted by Gasteiger charge is -2.14. The van der Waals surface area contributed by atoms with Gasteiger partial charge in [0.1, 0.15) is 5.82 Å². The summed E-state index contributed by atoms with van der Waals surface area (Å²) in [4.78, 5) is 43.0. The molecule has 0 aliphatic carbocycles. The van der Waals surface area contributed by atoms with Crippen LogP contribution in [0.4, 0.5) is 15.2 Å². The number of halogens is 1. The van der Waals surface area contributed by atoms with Crippen molar-refractivity contribution >= 4 is 50.1 Å². The molecule has 2 heterocycles. The first kappa shape index (κ1) is 18.1. The van der Waals surface area contributed by atoms with Crippen molar-refractivity contribution in [2.45, 2.75) is 0 Å². The van der Waals surface area contributed by atoms with Gasteiger partial charge >= 0.3 is 0 Å². The van der Waals surface area contributed by atoms with Gasteiger partial charge in [-0.2, -0.15) is 0 Å². The fourth-order valence-corrected chi connectivity index (χ4v) is 4.19. The van der Waals surface area contributed by atoms with E-state index in [2.05, 4.69) is 10.3 Å². The van der Waals surface area contributed by atoms with Crippen LogP contribution in [-0.2, 0) is 0 Å². The van der Waals surface area contributed by atoms with Crippen molar-refractivity contribution < 1.29 is 18.8 Å². The van der Waals surface area contributed by atoms with Crippen LogP contribution in [0.25, 0.3) is 10.2 Å². The van der Waals surface area contributed by atoms with Crippen molar-refractivity contribution in [1.82, 2.24) is 4.98 Å². The van der Waals surface area contributed by atoms with Gasteiger partial charge in [-0.3, -0.25) is 19.7 Å². The number of fused-ring (bicyclic) bond motifs is 2. The number of hydrogen-bond acceptors (Lipinski definition) is 5. The molecule has 0 bridgehead atoms. The number of nitrogens with zero attached hydrogens (tertiary/aromatic N) is 2. The average molecular weight is 417 g/mol. The van der Waals surface area contributed by atoms with Crippen molar-refractivity contribution in [3.05, 3.63) is 89.2 Å². The molecule has 1 aromatic heterocycles. The lowest BCUT2D eigenvalue weighted by atomic mass is 10.1. The third-order valence-corrected chi connectivity index (χ3v) is 5.69. The highest BCUT2D eigenvalue weighted by atomic mass is 32.1. The Kier molecular flexibility index (Phi) is 4.14. The number of amides is 3. The second-order valence-electron chi connectivity index (χ2n) is 6.62. The van der Waals surface area contributed by atoms with E-state index in [1.807, 2.05) is 0 Å². The van der Waals surface area contributed by atoms with Gasteiger partial charge in [0, 0.05) is 5.56 Å². The third-order valence-electron chi connectivity index (χ3n) is 4.75. The zero-order chi connectivity index (χ0) is 20.8. The van der Waals surface area contributed by atoms with Gasteiger partial charge < -0.3 is 0 Å². The number of benzene rings is 3. The fraction of sp³-hybridized carbons (Fsp3) is 0. The second-order valence-corrected chi connectivity index (χ2v) is 7.65. The number of anilines is 2. The van der Waals surface area contributed by atoms with Crippen LogP contribution in [-0.4, -0.2) is 22.7 Å². The predicted molar refractivity (Wildman–Crippen MR) is 112 cm³/mol. The average Bonchev–Trinajstić information content (AvgIpc) is 3.26. The monoisotopic (exact) mass is 417 g/mol. The Morgan fingerprint density at radius 2 is 1.60 bits per heavy atom. The SMILES string of the molecule is O=C(Nc1nc2ccc(F)cc2s1)c1ccc(N2C(=O)c3ccccc3C2=O)cc1. The van der Waals surface area contributed by atoms with Crippen LogP contribution < -0.4 is 10.2 Å². The number of imide groups is 1. The molecule has 30 heavy (non-hydrogen) atoms. The van der Waals surface area contributed by atoms with Gasteiger partial charge in [0.05, 0.1) is 27.0 Å². The highest BCUT2D eigenvalue weighted by Gasteiger charge is 2.36. The van der Waals surface area contributed by atoms with E-state index in [4.69, 9.17) is 0 Å². The minimum absolute atomic E-state index is 0.334.